The lowest BCUT2D eigenvalue weighted by Crippen LogP contribution is -2.23. The molecule has 12 heteroatoms. The third kappa shape index (κ3) is 4.64. The lowest BCUT2D eigenvalue weighted by Gasteiger charge is -2.06. The molecule has 180 valence electrons. The molecule has 0 unspecified atom stereocenters. The predicted octanol–water partition coefficient (Wildman–Crippen LogP) is 3.44. The number of hydrogen-bond acceptors (Lipinski definition) is 7. The Morgan fingerprint density at radius 1 is 1.03 bits per heavy atom. The van der Waals surface area contributed by atoms with Crippen molar-refractivity contribution in [3.05, 3.63) is 95.0 Å². The van der Waals surface area contributed by atoms with Gasteiger partial charge in [0.2, 0.25) is 11.6 Å². The molecular weight excluding hydrogens is 474 g/mol. The minimum Gasteiger partial charge on any atom is -0.478 e. The molecule has 0 aliphatic heterocycles. The van der Waals surface area contributed by atoms with Gasteiger partial charge in [0.1, 0.15) is 11.3 Å². The molecule has 0 bridgehead atoms. The summed E-state index contributed by atoms with van der Waals surface area (Å²) in [5.41, 5.74) is 2.21. The molecule has 0 saturated carbocycles. The Balaban J connectivity index is 1.26. The van der Waals surface area contributed by atoms with E-state index in [0.29, 0.717) is 11.1 Å². The Bertz CT molecular complexity index is 1600. The van der Waals surface area contributed by atoms with Crippen molar-refractivity contribution < 1.29 is 27.9 Å². The van der Waals surface area contributed by atoms with Crippen molar-refractivity contribution in [2.75, 3.05) is 0 Å². The van der Waals surface area contributed by atoms with Crippen molar-refractivity contribution in [1.82, 2.24) is 30.5 Å². The van der Waals surface area contributed by atoms with Crippen molar-refractivity contribution >= 4 is 22.8 Å². The van der Waals surface area contributed by atoms with Crippen LogP contribution in [-0.4, -0.2) is 42.2 Å². The first kappa shape index (κ1) is 22.8. The first-order chi connectivity index (χ1) is 17.4. The highest BCUT2D eigenvalue weighted by Crippen LogP contribution is 2.24. The molecule has 3 aromatic heterocycles. The second-order valence-corrected chi connectivity index (χ2v) is 7.78. The molecule has 0 radical (unpaired) electrons. The van der Waals surface area contributed by atoms with Crippen molar-refractivity contribution in [3.63, 3.8) is 0 Å². The standard InChI is InChI=1S/C24H16F2N6O4/c25-20-17-9-14(3-6-19(17)36-21(20)26)11-28-23(33)18-10-16(7-8-27-18)22-29-31-32(30-22)12-13-1-4-15(5-2-13)24(34)35/h1-10H,11-12H2,(H,28,33)(H,34,35). The van der Waals surface area contributed by atoms with E-state index in [9.17, 15) is 18.4 Å². The van der Waals surface area contributed by atoms with E-state index in [1.165, 1.54) is 41.3 Å². The largest absolute Gasteiger partial charge is 0.478 e. The number of amides is 1. The van der Waals surface area contributed by atoms with Gasteiger partial charge < -0.3 is 14.8 Å². The molecule has 1 amide bonds. The molecule has 0 aliphatic rings. The molecule has 5 rings (SSSR count). The molecule has 2 N–H and O–H groups in total. The van der Waals surface area contributed by atoms with Crippen LogP contribution in [-0.2, 0) is 13.1 Å². The van der Waals surface area contributed by atoms with E-state index in [1.54, 1.807) is 24.3 Å². The molecule has 5 aromatic rings. The summed E-state index contributed by atoms with van der Waals surface area (Å²) in [4.78, 5) is 29.0. The maximum Gasteiger partial charge on any atom is 0.335 e. The van der Waals surface area contributed by atoms with Gasteiger partial charge in [-0.2, -0.15) is 13.6 Å². The number of tetrazole rings is 1. The molecule has 10 nitrogen and oxygen atoms in total. The van der Waals surface area contributed by atoms with Gasteiger partial charge in [0.05, 0.1) is 17.5 Å². The van der Waals surface area contributed by atoms with Crippen molar-refractivity contribution in [2.45, 2.75) is 13.1 Å². The summed E-state index contributed by atoms with van der Waals surface area (Å²) >= 11 is 0. The number of nitrogens with zero attached hydrogens (tertiary/aromatic N) is 5. The van der Waals surface area contributed by atoms with E-state index < -0.39 is 23.7 Å². The first-order valence-corrected chi connectivity index (χ1v) is 10.6. The van der Waals surface area contributed by atoms with Gasteiger partial charge in [-0.15, -0.1) is 10.2 Å². The molecule has 0 saturated heterocycles. The fourth-order valence-electron chi connectivity index (χ4n) is 3.50. The summed E-state index contributed by atoms with van der Waals surface area (Å²) in [6, 6.07) is 12.6. The van der Waals surface area contributed by atoms with Gasteiger partial charge in [-0.05, 0) is 52.7 Å². The number of aromatic carboxylic acids is 1. The Labute approximate surface area is 201 Å². The van der Waals surface area contributed by atoms with Crippen molar-refractivity contribution in [2.24, 2.45) is 0 Å². The van der Waals surface area contributed by atoms with Gasteiger partial charge in [-0.3, -0.25) is 9.78 Å². The number of rotatable bonds is 7. The second kappa shape index (κ2) is 9.33. The van der Waals surface area contributed by atoms with Crippen molar-refractivity contribution in [1.29, 1.82) is 0 Å². The fraction of sp³-hybridized carbons (Fsp3) is 0.0833. The Morgan fingerprint density at radius 3 is 2.58 bits per heavy atom. The Kier molecular flexibility index (Phi) is 5.90. The van der Waals surface area contributed by atoms with Crippen LogP contribution in [0.2, 0.25) is 0 Å². The predicted molar refractivity (Wildman–Crippen MR) is 121 cm³/mol. The summed E-state index contributed by atoms with van der Waals surface area (Å²) in [6.07, 6.45) is 1.44. The fourth-order valence-corrected chi connectivity index (χ4v) is 3.50. The van der Waals surface area contributed by atoms with Crippen molar-refractivity contribution in [3.8, 4) is 11.4 Å². The zero-order valence-corrected chi connectivity index (χ0v) is 18.4. The summed E-state index contributed by atoms with van der Waals surface area (Å²) in [7, 11) is 0. The number of halogens is 2. The van der Waals surface area contributed by atoms with Crippen LogP contribution in [0.15, 0.2) is 65.2 Å². The van der Waals surface area contributed by atoms with Gasteiger partial charge >= 0.3 is 12.0 Å². The van der Waals surface area contributed by atoms with Crippen LogP contribution in [0.5, 0.6) is 0 Å². The number of carbonyl (C=O) groups is 2. The minimum absolute atomic E-state index is 0.00800. The highest BCUT2D eigenvalue weighted by atomic mass is 19.2. The normalized spacial score (nSPS) is 11.1. The number of pyridine rings is 1. The lowest BCUT2D eigenvalue weighted by atomic mass is 10.1. The molecule has 0 atom stereocenters. The molecule has 2 aromatic carbocycles. The van der Waals surface area contributed by atoms with Gasteiger partial charge in [0.25, 0.3) is 5.91 Å². The van der Waals surface area contributed by atoms with Gasteiger partial charge in [-0.1, -0.05) is 18.2 Å². The quantitative estimate of drug-likeness (QED) is 0.354. The van der Waals surface area contributed by atoms with E-state index >= 15 is 0 Å². The maximum absolute atomic E-state index is 13.8. The van der Waals surface area contributed by atoms with Gasteiger partial charge in [-0.25, -0.2) is 4.79 Å². The number of benzene rings is 2. The zero-order chi connectivity index (χ0) is 25.2. The molecule has 0 spiro atoms. The molecular formula is C24H16F2N6O4. The summed E-state index contributed by atoms with van der Waals surface area (Å²) < 4.78 is 31.7. The Morgan fingerprint density at radius 2 is 1.81 bits per heavy atom. The number of hydrogen-bond donors (Lipinski definition) is 2. The van der Waals surface area contributed by atoms with Crippen LogP contribution >= 0.6 is 0 Å². The number of carbonyl (C=O) groups excluding carboxylic acids is 1. The zero-order valence-electron chi connectivity index (χ0n) is 18.4. The van der Waals surface area contributed by atoms with E-state index in [2.05, 4.69) is 30.1 Å². The van der Waals surface area contributed by atoms with E-state index in [1.807, 2.05) is 0 Å². The van der Waals surface area contributed by atoms with Crippen LogP contribution < -0.4 is 5.32 Å². The number of carboxylic acids is 1. The minimum atomic E-state index is -1.28. The SMILES string of the molecule is O=C(O)c1ccc(Cn2nnc(-c3ccnc(C(=O)NCc4ccc5oc(F)c(F)c5c4)c3)n2)cc1. The third-order valence-electron chi connectivity index (χ3n) is 5.33. The number of nitrogens with one attached hydrogen (secondary N) is 1. The summed E-state index contributed by atoms with van der Waals surface area (Å²) in [5, 5.41) is 24.0. The molecule has 0 aliphatic carbocycles. The van der Waals surface area contributed by atoms with E-state index in [-0.39, 0.29) is 41.1 Å². The molecule has 3 heterocycles. The average molecular weight is 490 g/mol. The number of fused-ring (bicyclic) bond motifs is 1. The van der Waals surface area contributed by atoms with Crippen LogP contribution in [0.4, 0.5) is 8.78 Å². The highest BCUT2D eigenvalue weighted by molar-refractivity contribution is 5.93. The second-order valence-electron chi connectivity index (χ2n) is 7.78. The van der Waals surface area contributed by atoms with Crippen LogP contribution in [0.25, 0.3) is 22.4 Å². The third-order valence-corrected chi connectivity index (χ3v) is 5.33. The van der Waals surface area contributed by atoms with E-state index in [0.717, 1.165) is 5.56 Å². The van der Waals surface area contributed by atoms with Crippen LogP contribution in [0.3, 0.4) is 0 Å². The summed E-state index contributed by atoms with van der Waals surface area (Å²) in [5.74, 6) is -2.30. The topological polar surface area (TPSA) is 136 Å². The van der Waals surface area contributed by atoms with Crippen LogP contribution in [0, 0.1) is 11.8 Å². The molecule has 0 fully saturated rings. The first-order valence-electron chi connectivity index (χ1n) is 10.6. The van der Waals surface area contributed by atoms with Crippen LogP contribution in [0.1, 0.15) is 32.0 Å². The summed E-state index contributed by atoms with van der Waals surface area (Å²) in [6.45, 7) is 0.332. The maximum atomic E-state index is 13.8. The lowest BCUT2D eigenvalue weighted by molar-refractivity contribution is 0.0696. The number of furan rings is 1. The Hall–Kier alpha value is -5.00. The highest BCUT2D eigenvalue weighted by Gasteiger charge is 2.15. The number of aromatic nitrogens is 5. The van der Waals surface area contributed by atoms with Gasteiger partial charge in [0.15, 0.2) is 0 Å². The van der Waals surface area contributed by atoms with Gasteiger partial charge in [0, 0.05) is 18.3 Å². The monoisotopic (exact) mass is 490 g/mol. The smallest absolute Gasteiger partial charge is 0.335 e. The van der Waals surface area contributed by atoms with E-state index in [4.69, 9.17) is 5.11 Å². The average Bonchev–Trinajstić information content (AvgIpc) is 3.47. The molecule has 36 heavy (non-hydrogen) atoms. The number of carboxylic acid groups (broad SMARTS) is 1.